The lowest BCUT2D eigenvalue weighted by Gasteiger charge is -2.17. The maximum atomic E-state index is 11.5. The highest BCUT2D eigenvalue weighted by atomic mass is 16.6. The molecule has 0 bridgehead atoms. The van der Waals surface area contributed by atoms with Crippen molar-refractivity contribution in [2.45, 2.75) is 6.61 Å². The van der Waals surface area contributed by atoms with Crippen molar-refractivity contribution in [1.29, 1.82) is 0 Å². The van der Waals surface area contributed by atoms with Crippen LogP contribution < -0.4 is 9.84 Å². The Kier molecular flexibility index (Phi) is 4.94. The molecule has 130 valence electrons. The third kappa shape index (κ3) is 3.70. The zero-order valence-electron chi connectivity index (χ0n) is 13.6. The fourth-order valence-electron chi connectivity index (χ4n) is 2.57. The Morgan fingerprint density at radius 3 is 2.23 bits per heavy atom. The van der Waals surface area contributed by atoms with Gasteiger partial charge in [0.15, 0.2) is 0 Å². The van der Waals surface area contributed by atoms with Gasteiger partial charge in [-0.1, -0.05) is 42.5 Å². The molecule has 0 N–H and O–H groups in total. The second-order valence-electron chi connectivity index (χ2n) is 5.55. The van der Waals surface area contributed by atoms with E-state index in [1.165, 1.54) is 18.2 Å². The molecule has 0 aromatic heterocycles. The van der Waals surface area contributed by atoms with Crippen LogP contribution in [-0.2, 0) is 6.61 Å². The number of nitro benzene ring substituents is 1. The third-order valence-corrected chi connectivity index (χ3v) is 3.85. The minimum absolute atomic E-state index is 0.0449. The van der Waals surface area contributed by atoms with E-state index in [1.807, 2.05) is 30.3 Å². The van der Waals surface area contributed by atoms with Gasteiger partial charge in [0.25, 0.3) is 5.69 Å². The highest BCUT2D eigenvalue weighted by Gasteiger charge is 2.14. The summed E-state index contributed by atoms with van der Waals surface area (Å²) in [5, 5.41) is 22.3. The summed E-state index contributed by atoms with van der Waals surface area (Å²) in [4.78, 5) is 21.8. The molecule has 0 aliphatic heterocycles. The Morgan fingerprint density at radius 2 is 1.62 bits per heavy atom. The van der Waals surface area contributed by atoms with Crippen LogP contribution in [0.4, 0.5) is 5.69 Å². The van der Waals surface area contributed by atoms with E-state index < -0.39 is 10.9 Å². The summed E-state index contributed by atoms with van der Waals surface area (Å²) >= 11 is 0. The number of nitro groups is 1. The van der Waals surface area contributed by atoms with E-state index in [1.54, 1.807) is 24.3 Å². The molecule has 0 aliphatic carbocycles. The molecular weight excluding hydrogens is 334 g/mol. The van der Waals surface area contributed by atoms with Gasteiger partial charge in [0.2, 0.25) is 0 Å². The molecule has 0 saturated carbocycles. The van der Waals surface area contributed by atoms with E-state index in [2.05, 4.69) is 0 Å². The van der Waals surface area contributed by atoms with Crippen molar-refractivity contribution < 1.29 is 19.6 Å². The monoisotopic (exact) mass is 348 g/mol. The van der Waals surface area contributed by atoms with Crippen LogP contribution in [0.1, 0.15) is 15.9 Å². The van der Waals surface area contributed by atoms with Crippen molar-refractivity contribution in [2.75, 3.05) is 0 Å². The summed E-state index contributed by atoms with van der Waals surface area (Å²) < 4.78 is 5.79. The molecule has 0 radical (unpaired) electrons. The van der Waals surface area contributed by atoms with Gasteiger partial charge in [-0.2, -0.15) is 0 Å². The highest BCUT2D eigenvalue weighted by Crippen LogP contribution is 2.34. The van der Waals surface area contributed by atoms with Gasteiger partial charge in [0, 0.05) is 23.3 Å². The molecule has 0 unspecified atom stereocenters. The van der Waals surface area contributed by atoms with E-state index in [-0.39, 0.29) is 23.6 Å². The Bertz CT molecular complexity index is 936. The molecule has 0 spiro atoms. The smallest absolute Gasteiger partial charge is 0.269 e. The van der Waals surface area contributed by atoms with Gasteiger partial charge in [-0.25, -0.2) is 0 Å². The first-order valence-corrected chi connectivity index (χ1v) is 7.82. The number of benzene rings is 3. The van der Waals surface area contributed by atoms with E-state index in [0.29, 0.717) is 11.1 Å². The second-order valence-corrected chi connectivity index (χ2v) is 5.55. The number of carboxylic acids is 1. The van der Waals surface area contributed by atoms with Crippen molar-refractivity contribution in [3.05, 3.63) is 94.0 Å². The number of non-ortho nitro benzene ring substituents is 1. The molecule has 3 aromatic rings. The molecule has 0 fully saturated rings. The summed E-state index contributed by atoms with van der Waals surface area (Å²) in [5.74, 6) is -1.18. The number of nitrogens with zero attached hydrogens (tertiary/aromatic N) is 1. The predicted octanol–water partition coefficient (Wildman–Crippen LogP) is 3.20. The molecule has 26 heavy (non-hydrogen) atoms. The van der Waals surface area contributed by atoms with Crippen LogP contribution in [0.15, 0.2) is 72.8 Å². The Hall–Kier alpha value is -3.67. The molecule has 0 aliphatic rings. The number of hydrogen-bond donors (Lipinski definition) is 0. The lowest BCUT2D eigenvalue weighted by atomic mass is 10.0. The average Bonchev–Trinajstić information content (AvgIpc) is 2.67. The molecule has 6 nitrogen and oxygen atoms in total. The minimum Gasteiger partial charge on any atom is -0.545 e. The first-order chi connectivity index (χ1) is 12.6. The van der Waals surface area contributed by atoms with Gasteiger partial charge < -0.3 is 14.6 Å². The summed E-state index contributed by atoms with van der Waals surface area (Å²) in [6, 6.07) is 19.9. The van der Waals surface area contributed by atoms with Crippen LogP contribution in [0.2, 0.25) is 0 Å². The summed E-state index contributed by atoms with van der Waals surface area (Å²) in [6.45, 7) is 0.186. The SMILES string of the molecule is O=C([O-])c1cccc(-c2ccc([N+](=O)[O-])cc2)c1OCc1ccccc1. The fourth-order valence-corrected chi connectivity index (χ4v) is 2.57. The number of hydrogen-bond acceptors (Lipinski definition) is 5. The Morgan fingerprint density at radius 1 is 0.923 bits per heavy atom. The zero-order valence-corrected chi connectivity index (χ0v) is 13.6. The van der Waals surface area contributed by atoms with E-state index in [4.69, 9.17) is 4.74 Å². The highest BCUT2D eigenvalue weighted by molar-refractivity contribution is 5.93. The summed E-state index contributed by atoms with van der Waals surface area (Å²) in [6.07, 6.45) is 0. The van der Waals surface area contributed by atoms with Crippen LogP contribution >= 0.6 is 0 Å². The average molecular weight is 348 g/mol. The molecule has 0 heterocycles. The van der Waals surface area contributed by atoms with Crippen LogP contribution in [0.3, 0.4) is 0 Å². The zero-order chi connectivity index (χ0) is 18.5. The van der Waals surface area contributed by atoms with Gasteiger partial charge >= 0.3 is 0 Å². The molecular formula is C20H14NO5-. The van der Waals surface area contributed by atoms with Gasteiger partial charge in [-0.3, -0.25) is 10.1 Å². The number of ether oxygens (including phenoxy) is 1. The first-order valence-electron chi connectivity index (χ1n) is 7.82. The Balaban J connectivity index is 2.00. The number of carbonyl (C=O) groups excluding carboxylic acids is 1. The second kappa shape index (κ2) is 7.48. The van der Waals surface area contributed by atoms with E-state index in [0.717, 1.165) is 5.56 Å². The number of rotatable bonds is 6. The van der Waals surface area contributed by atoms with Crippen molar-refractivity contribution in [2.24, 2.45) is 0 Å². The number of carbonyl (C=O) groups is 1. The molecule has 0 saturated heterocycles. The van der Waals surface area contributed by atoms with Crippen LogP contribution in [-0.4, -0.2) is 10.9 Å². The van der Waals surface area contributed by atoms with Crippen molar-refractivity contribution in [3.63, 3.8) is 0 Å². The number of carboxylic acid groups (broad SMARTS) is 1. The van der Waals surface area contributed by atoms with Crippen LogP contribution in [0.25, 0.3) is 11.1 Å². The summed E-state index contributed by atoms with van der Waals surface area (Å²) in [5.41, 5.74) is 1.91. The van der Waals surface area contributed by atoms with Crippen LogP contribution in [0, 0.1) is 10.1 Å². The normalized spacial score (nSPS) is 10.3. The first kappa shape index (κ1) is 17.2. The largest absolute Gasteiger partial charge is 0.545 e. The van der Waals surface area contributed by atoms with Crippen molar-refractivity contribution >= 4 is 11.7 Å². The predicted molar refractivity (Wildman–Crippen MR) is 93.6 cm³/mol. The molecule has 0 atom stereocenters. The molecule has 6 heteroatoms. The van der Waals surface area contributed by atoms with E-state index in [9.17, 15) is 20.0 Å². The standard InChI is InChI=1S/C20H15NO5/c22-20(23)18-8-4-7-17(15-9-11-16(12-10-15)21(24)25)19(18)26-13-14-5-2-1-3-6-14/h1-12H,13H2,(H,22,23)/p-1. The van der Waals surface area contributed by atoms with Crippen LogP contribution in [0.5, 0.6) is 5.75 Å². The van der Waals surface area contributed by atoms with E-state index >= 15 is 0 Å². The fraction of sp³-hybridized carbons (Fsp3) is 0.0500. The minimum atomic E-state index is -1.35. The molecule has 3 rings (SSSR count). The van der Waals surface area contributed by atoms with Gasteiger partial charge in [-0.05, 0) is 29.3 Å². The van der Waals surface area contributed by atoms with Gasteiger partial charge in [-0.15, -0.1) is 0 Å². The van der Waals surface area contributed by atoms with Crippen molar-refractivity contribution in [3.8, 4) is 16.9 Å². The van der Waals surface area contributed by atoms with Gasteiger partial charge in [0.1, 0.15) is 12.4 Å². The van der Waals surface area contributed by atoms with Gasteiger partial charge in [0.05, 0.1) is 10.9 Å². The maximum absolute atomic E-state index is 11.5. The number of aromatic carboxylic acids is 1. The molecule has 3 aromatic carbocycles. The molecule has 0 amide bonds. The lowest BCUT2D eigenvalue weighted by Crippen LogP contribution is -2.23. The number of para-hydroxylation sites is 1. The topological polar surface area (TPSA) is 92.5 Å². The van der Waals surface area contributed by atoms with Crippen molar-refractivity contribution in [1.82, 2.24) is 0 Å². The summed E-state index contributed by atoms with van der Waals surface area (Å²) in [7, 11) is 0. The Labute approximate surface area is 149 Å². The maximum Gasteiger partial charge on any atom is 0.269 e. The third-order valence-electron chi connectivity index (χ3n) is 3.85. The quantitative estimate of drug-likeness (QED) is 0.504. The lowest BCUT2D eigenvalue weighted by molar-refractivity contribution is -0.384.